The van der Waals surface area contributed by atoms with E-state index in [9.17, 15) is 14.9 Å². The lowest BCUT2D eigenvalue weighted by atomic mass is 10.0. The Kier molecular flexibility index (Phi) is 7.51. The number of anilines is 1. The van der Waals surface area contributed by atoms with Gasteiger partial charge >= 0.3 is 6.09 Å². The quantitative estimate of drug-likeness (QED) is 0.683. The lowest BCUT2D eigenvalue weighted by Crippen LogP contribution is -2.48. The zero-order valence-corrected chi connectivity index (χ0v) is 18.4. The van der Waals surface area contributed by atoms with E-state index in [4.69, 9.17) is 21.8 Å². The van der Waals surface area contributed by atoms with Crippen molar-refractivity contribution in [2.45, 2.75) is 6.42 Å². The van der Waals surface area contributed by atoms with Crippen LogP contribution < -0.4 is 4.90 Å². The summed E-state index contributed by atoms with van der Waals surface area (Å²) in [5.74, 6) is 0.284. The predicted octanol–water partition coefficient (Wildman–Crippen LogP) is 2.53. The molecule has 1 fully saturated rings. The fourth-order valence-electron chi connectivity index (χ4n) is 3.54. The third-order valence-electron chi connectivity index (χ3n) is 5.37. The van der Waals surface area contributed by atoms with Crippen molar-refractivity contribution in [3.8, 4) is 17.2 Å². The number of halogens is 1. The van der Waals surface area contributed by atoms with E-state index in [1.165, 1.54) is 9.80 Å². The van der Waals surface area contributed by atoms with Crippen molar-refractivity contribution in [1.29, 1.82) is 5.26 Å². The average molecular weight is 458 g/mol. The molecule has 0 aliphatic carbocycles. The fraction of sp³-hybridized carbons (Fsp3) is 0.364. The second-order valence-corrected chi connectivity index (χ2v) is 7.87. The van der Waals surface area contributed by atoms with Crippen molar-refractivity contribution in [3.05, 3.63) is 46.6 Å². The van der Waals surface area contributed by atoms with E-state index >= 15 is 0 Å². The van der Waals surface area contributed by atoms with E-state index in [0.717, 1.165) is 5.56 Å². The Morgan fingerprint density at radius 3 is 2.53 bits per heavy atom. The van der Waals surface area contributed by atoms with E-state index in [1.807, 2.05) is 4.90 Å². The van der Waals surface area contributed by atoms with Gasteiger partial charge in [-0.15, -0.1) is 0 Å². The first-order valence-electron chi connectivity index (χ1n) is 10.1. The fourth-order valence-corrected chi connectivity index (χ4v) is 3.80. The summed E-state index contributed by atoms with van der Waals surface area (Å²) in [7, 11) is 1.65. The number of aliphatic hydroxyl groups excluding tert-OH is 1. The van der Waals surface area contributed by atoms with Crippen molar-refractivity contribution in [2.75, 3.05) is 51.3 Å². The van der Waals surface area contributed by atoms with Gasteiger partial charge in [-0.1, -0.05) is 17.7 Å². The number of pyridine rings is 1. The van der Waals surface area contributed by atoms with Crippen LogP contribution in [0.5, 0.6) is 0 Å². The number of carbonyl (C=O) groups is 2. The number of hydrogen-bond donors (Lipinski definition) is 2. The Morgan fingerprint density at radius 2 is 1.94 bits per heavy atom. The molecule has 0 radical (unpaired) electrons. The number of nitrogens with zero attached hydrogens (tertiary/aromatic N) is 5. The highest BCUT2D eigenvalue weighted by Gasteiger charge is 2.23. The van der Waals surface area contributed by atoms with Gasteiger partial charge in [0.05, 0.1) is 16.1 Å². The van der Waals surface area contributed by atoms with Crippen LogP contribution in [0.4, 0.5) is 10.6 Å². The molecule has 1 saturated heterocycles. The van der Waals surface area contributed by atoms with E-state index in [-0.39, 0.29) is 17.5 Å². The number of benzene rings is 1. The average Bonchev–Trinajstić information content (AvgIpc) is 2.81. The van der Waals surface area contributed by atoms with Crippen molar-refractivity contribution in [3.63, 3.8) is 0 Å². The van der Waals surface area contributed by atoms with Gasteiger partial charge in [0, 0.05) is 58.1 Å². The molecule has 2 N–H and O–H groups in total. The number of hydrogen-bond acceptors (Lipinski definition) is 6. The number of carbonyl (C=O) groups excluding carboxylic acids is 1. The molecule has 32 heavy (non-hydrogen) atoms. The molecular weight excluding hydrogens is 434 g/mol. The maximum absolute atomic E-state index is 12.6. The molecule has 2 amide bonds. The molecule has 10 heteroatoms. The largest absolute Gasteiger partial charge is 0.465 e. The topological polar surface area (TPSA) is 121 Å². The molecule has 2 heterocycles. The van der Waals surface area contributed by atoms with Crippen molar-refractivity contribution >= 4 is 29.4 Å². The molecule has 0 atom stereocenters. The lowest BCUT2D eigenvalue weighted by Gasteiger charge is -2.34. The Morgan fingerprint density at radius 1 is 1.22 bits per heavy atom. The number of carboxylic acid groups (broad SMARTS) is 1. The molecule has 0 spiro atoms. The van der Waals surface area contributed by atoms with Gasteiger partial charge in [0.2, 0.25) is 0 Å². The van der Waals surface area contributed by atoms with E-state index in [0.29, 0.717) is 61.7 Å². The van der Waals surface area contributed by atoms with Gasteiger partial charge in [-0.2, -0.15) is 5.26 Å². The van der Waals surface area contributed by atoms with Crippen LogP contribution in [0.25, 0.3) is 11.1 Å². The molecule has 1 aliphatic heterocycles. The van der Waals surface area contributed by atoms with Crippen LogP contribution in [0, 0.1) is 11.3 Å². The van der Waals surface area contributed by atoms with Gasteiger partial charge in [0.1, 0.15) is 11.9 Å². The number of aliphatic hydroxyl groups is 1. The highest BCUT2D eigenvalue weighted by Crippen LogP contribution is 2.29. The predicted molar refractivity (Wildman–Crippen MR) is 120 cm³/mol. The lowest BCUT2D eigenvalue weighted by molar-refractivity contribution is 0.0786. The van der Waals surface area contributed by atoms with Gasteiger partial charge in [-0.05, 0) is 30.2 Å². The second-order valence-electron chi connectivity index (χ2n) is 7.46. The van der Waals surface area contributed by atoms with Crippen LogP contribution >= 0.6 is 11.6 Å². The summed E-state index contributed by atoms with van der Waals surface area (Å²) >= 11 is 6.38. The van der Waals surface area contributed by atoms with Crippen molar-refractivity contribution in [1.82, 2.24) is 14.8 Å². The van der Waals surface area contributed by atoms with Gasteiger partial charge in [-0.25, -0.2) is 9.78 Å². The minimum atomic E-state index is -0.952. The van der Waals surface area contributed by atoms with Crippen LogP contribution in [0.3, 0.4) is 0 Å². The first-order chi connectivity index (χ1) is 15.3. The molecular formula is C22H24ClN5O4. The molecule has 0 saturated carbocycles. The zero-order valence-electron chi connectivity index (χ0n) is 17.7. The highest BCUT2D eigenvalue weighted by molar-refractivity contribution is 6.34. The molecule has 2 aromatic rings. The third-order valence-corrected chi connectivity index (χ3v) is 5.68. The van der Waals surface area contributed by atoms with E-state index in [1.54, 1.807) is 37.5 Å². The minimum absolute atomic E-state index is 0.00373. The number of aromatic nitrogens is 1. The summed E-state index contributed by atoms with van der Waals surface area (Å²) in [5.41, 5.74) is 2.14. The molecule has 1 aromatic carbocycles. The molecule has 1 aromatic heterocycles. The minimum Gasteiger partial charge on any atom is -0.465 e. The molecule has 9 nitrogen and oxygen atoms in total. The summed E-state index contributed by atoms with van der Waals surface area (Å²) in [5, 5.41) is 28.0. The van der Waals surface area contributed by atoms with Crippen LogP contribution in [0.2, 0.25) is 5.02 Å². The Hall–Kier alpha value is -3.35. The SMILES string of the molecule is CN(CCCO)C(=O)c1ccc(-c2cnc(N3CCN(C(=O)O)CC3)c(C#N)c2)cc1Cl. The van der Waals surface area contributed by atoms with Crippen molar-refractivity contribution in [2.24, 2.45) is 0 Å². The van der Waals surface area contributed by atoms with Crippen LogP contribution in [-0.4, -0.2) is 83.4 Å². The van der Waals surface area contributed by atoms with E-state index < -0.39 is 6.09 Å². The maximum atomic E-state index is 12.6. The monoisotopic (exact) mass is 457 g/mol. The highest BCUT2D eigenvalue weighted by atomic mass is 35.5. The molecule has 0 bridgehead atoms. The summed E-state index contributed by atoms with van der Waals surface area (Å²) in [6, 6.07) is 8.94. The number of amides is 2. The van der Waals surface area contributed by atoms with Crippen molar-refractivity contribution < 1.29 is 19.8 Å². The molecule has 3 rings (SSSR count). The van der Waals surface area contributed by atoms with Crippen LogP contribution in [0.15, 0.2) is 30.5 Å². The molecule has 1 aliphatic rings. The summed E-state index contributed by atoms with van der Waals surface area (Å²) < 4.78 is 0. The summed E-state index contributed by atoms with van der Waals surface area (Å²) in [6.07, 6.45) is 1.17. The number of nitriles is 1. The van der Waals surface area contributed by atoms with Gasteiger partial charge in [0.25, 0.3) is 5.91 Å². The van der Waals surface area contributed by atoms with Crippen LogP contribution in [0.1, 0.15) is 22.3 Å². The second kappa shape index (κ2) is 10.3. The first-order valence-corrected chi connectivity index (χ1v) is 10.5. The molecule has 168 valence electrons. The molecule has 0 unspecified atom stereocenters. The maximum Gasteiger partial charge on any atom is 0.407 e. The third kappa shape index (κ3) is 5.10. The zero-order chi connectivity index (χ0) is 23.3. The van der Waals surface area contributed by atoms with Gasteiger partial charge < -0.3 is 24.9 Å². The first kappa shape index (κ1) is 23.3. The van der Waals surface area contributed by atoms with Gasteiger partial charge in [0.15, 0.2) is 0 Å². The standard InChI is InChI=1S/C22H24ClN5O4/c1-26(5-2-10-29)21(30)18-4-3-15(12-19(18)23)17-11-16(13-24)20(25-14-17)27-6-8-28(9-7-27)22(31)32/h3-4,11-12,14,29H,2,5-10H2,1H3,(H,31,32). The Labute approximate surface area is 191 Å². The normalized spacial score (nSPS) is 13.6. The number of rotatable bonds is 6. The Balaban J connectivity index is 1.80. The number of piperazine rings is 1. The van der Waals surface area contributed by atoms with Gasteiger partial charge in [-0.3, -0.25) is 4.79 Å². The summed E-state index contributed by atoms with van der Waals surface area (Å²) in [4.78, 5) is 32.9. The summed E-state index contributed by atoms with van der Waals surface area (Å²) in [6.45, 7) is 2.04. The smallest absolute Gasteiger partial charge is 0.407 e. The van der Waals surface area contributed by atoms with Crippen LogP contribution in [-0.2, 0) is 0 Å². The van der Waals surface area contributed by atoms with E-state index in [2.05, 4.69) is 11.1 Å². The Bertz CT molecular complexity index is 1050.